The third-order valence-electron chi connectivity index (χ3n) is 2.35. The minimum Gasteiger partial charge on any atom is -0.440 e. The Morgan fingerprint density at radius 3 is 3.00 bits per heavy atom. The molecule has 0 fully saturated rings. The average molecular weight is 367 g/mol. The summed E-state index contributed by atoms with van der Waals surface area (Å²) in [6.07, 6.45) is -5.64. The lowest BCUT2D eigenvalue weighted by atomic mass is 10.5. The monoisotopic (exact) mass is 367 g/mol. The van der Waals surface area contributed by atoms with Crippen LogP contribution in [-0.2, 0) is 11.3 Å². The highest BCUT2D eigenvalue weighted by Crippen LogP contribution is 2.17. The summed E-state index contributed by atoms with van der Waals surface area (Å²) in [4.78, 5) is 12.1. The lowest BCUT2D eigenvalue weighted by molar-refractivity contribution is -0.160. The van der Waals surface area contributed by atoms with Gasteiger partial charge in [-0.05, 0) is 21.9 Å². The molecule has 7 nitrogen and oxygen atoms in total. The van der Waals surface area contributed by atoms with E-state index in [2.05, 4.69) is 25.6 Å². The summed E-state index contributed by atoms with van der Waals surface area (Å²) in [6, 6.07) is 3.88. The Kier molecular flexibility index (Phi) is 6.21. The van der Waals surface area contributed by atoms with Crippen LogP contribution in [0, 0.1) is 0 Å². The Bertz CT molecular complexity index is 617. The van der Waals surface area contributed by atoms with Crippen LogP contribution in [0.4, 0.5) is 18.0 Å². The first kappa shape index (κ1) is 17.5. The smallest absolute Gasteiger partial charge is 0.422 e. The van der Waals surface area contributed by atoms with Crippen LogP contribution in [0.25, 0.3) is 0 Å². The summed E-state index contributed by atoms with van der Waals surface area (Å²) in [5.41, 5.74) is 0. The maximum atomic E-state index is 11.9. The number of thiophene rings is 1. The molecule has 1 N–H and O–H groups in total. The van der Waals surface area contributed by atoms with Crippen molar-refractivity contribution < 1.29 is 22.7 Å². The summed E-state index contributed by atoms with van der Waals surface area (Å²) in [7, 11) is 0. The minimum absolute atomic E-state index is 0.132. The third kappa shape index (κ3) is 6.44. The van der Waals surface area contributed by atoms with Crippen molar-refractivity contribution in [3.63, 3.8) is 0 Å². The largest absolute Gasteiger partial charge is 0.440 e. The number of hydrogen-bond acceptors (Lipinski definition) is 7. The van der Waals surface area contributed by atoms with Crippen LogP contribution < -0.4 is 5.32 Å². The van der Waals surface area contributed by atoms with Crippen LogP contribution in [-0.4, -0.2) is 51.4 Å². The zero-order valence-electron chi connectivity index (χ0n) is 11.6. The summed E-state index contributed by atoms with van der Waals surface area (Å²) >= 11 is 2.86. The van der Waals surface area contributed by atoms with Gasteiger partial charge in [-0.3, -0.25) is 0 Å². The van der Waals surface area contributed by atoms with E-state index >= 15 is 0 Å². The molecule has 0 aromatic carbocycles. The molecule has 0 radical (unpaired) electrons. The molecule has 23 heavy (non-hydrogen) atoms. The van der Waals surface area contributed by atoms with E-state index in [1.807, 2.05) is 17.5 Å². The molecular weight excluding hydrogens is 355 g/mol. The molecule has 0 aliphatic heterocycles. The van der Waals surface area contributed by atoms with E-state index < -0.39 is 18.9 Å². The van der Waals surface area contributed by atoms with Gasteiger partial charge >= 0.3 is 12.3 Å². The Morgan fingerprint density at radius 1 is 1.48 bits per heavy atom. The Balaban J connectivity index is 1.69. The van der Waals surface area contributed by atoms with Crippen molar-refractivity contribution in [1.82, 2.24) is 25.5 Å². The zero-order valence-corrected chi connectivity index (χ0v) is 13.2. The predicted octanol–water partition coefficient (Wildman–Crippen LogP) is 2.16. The van der Waals surface area contributed by atoms with Gasteiger partial charge in [0.25, 0.3) is 0 Å². The molecule has 2 aromatic rings. The number of nitrogens with zero attached hydrogens (tertiary/aromatic N) is 4. The van der Waals surface area contributed by atoms with Crippen molar-refractivity contribution in [1.29, 1.82) is 0 Å². The number of nitrogens with one attached hydrogen (secondary N) is 1. The first-order chi connectivity index (χ1) is 10.9. The molecule has 2 aromatic heterocycles. The number of alkyl carbamates (subject to hydrolysis) is 1. The van der Waals surface area contributed by atoms with Gasteiger partial charge in [-0.1, -0.05) is 17.8 Å². The molecule has 0 aliphatic carbocycles. The van der Waals surface area contributed by atoms with E-state index in [9.17, 15) is 18.0 Å². The third-order valence-corrected chi connectivity index (χ3v) is 4.17. The van der Waals surface area contributed by atoms with E-state index in [4.69, 9.17) is 0 Å². The number of halogens is 3. The molecule has 2 rings (SSSR count). The van der Waals surface area contributed by atoms with Gasteiger partial charge in [0.15, 0.2) is 6.61 Å². The second kappa shape index (κ2) is 8.15. The van der Waals surface area contributed by atoms with Crippen molar-refractivity contribution in [3.8, 4) is 0 Å². The van der Waals surface area contributed by atoms with Gasteiger partial charge in [0, 0.05) is 17.2 Å². The van der Waals surface area contributed by atoms with E-state index in [1.54, 1.807) is 16.0 Å². The highest BCUT2D eigenvalue weighted by molar-refractivity contribution is 7.99. The zero-order chi connectivity index (χ0) is 16.7. The molecule has 0 spiro atoms. The number of amides is 1. The molecule has 0 bridgehead atoms. The molecule has 0 atom stereocenters. The van der Waals surface area contributed by atoms with Gasteiger partial charge in [-0.15, -0.1) is 16.4 Å². The summed E-state index contributed by atoms with van der Waals surface area (Å²) in [5, 5.41) is 16.0. The fourth-order valence-corrected chi connectivity index (χ4v) is 2.86. The van der Waals surface area contributed by atoms with E-state index in [-0.39, 0.29) is 6.54 Å². The minimum atomic E-state index is -4.53. The van der Waals surface area contributed by atoms with Crippen LogP contribution in [0.3, 0.4) is 0 Å². The number of alkyl halides is 3. The first-order valence-electron chi connectivity index (χ1n) is 6.33. The van der Waals surface area contributed by atoms with Crippen LogP contribution in [0.5, 0.6) is 0 Å². The molecule has 0 unspecified atom stereocenters. The maximum absolute atomic E-state index is 11.9. The average Bonchev–Trinajstić information content (AvgIpc) is 3.13. The van der Waals surface area contributed by atoms with Crippen LogP contribution >= 0.6 is 23.1 Å². The number of rotatable bonds is 7. The summed E-state index contributed by atoms with van der Waals surface area (Å²) in [6.45, 7) is -0.938. The number of thioether (sulfide) groups is 1. The lowest BCUT2D eigenvalue weighted by Crippen LogP contribution is -2.30. The fraction of sp³-hybridized carbons (Fsp3) is 0.455. The Hall–Kier alpha value is -1.82. The number of hydrogen-bond donors (Lipinski definition) is 1. The molecule has 0 aliphatic rings. The predicted molar refractivity (Wildman–Crippen MR) is 77.4 cm³/mol. The highest BCUT2D eigenvalue weighted by atomic mass is 32.2. The topological polar surface area (TPSA) is 81.9 Å². The molecule has 12 heteroatoms. The van der Waals surface area contributed by atoms with Gasteiger partial charge in [-0.25, -0.2) is 9.48 Å². The van der Waals surface area contributed by atoms with Gasteiger partial charge in [0.1, 0.15) is 0 Å². The normalized spacial score (nSPS) is 11.4. The number of carbonyl (C=O) groups is 1. The quantitative estimate of drug-likeness (QED) is 0.597. The van der Waals surface area contributed by atoms with Gasteiger partial charge in [0.2, 0.25) is 5.16 Å². The van der Waals surface area contributed by atoms with E-state index in [0.717, 1.165) is 4.88 Å². The van der Waals surface area contributed by atoms with Crippen molar-refractivity contribution in [2.24, 2.45) is 0 Å². The molecule has 0 saturated heterocycles. The Morgan fingerprint density at radius 2 is 2.30 bits per heavy atom. The van der Waals surface area contributed by atoms with Crippen LogP contribution in [0.1, 0.15) is 4.88 Å². The summed E-state index contributed by atoms with van der Waals surface area (Å²) < 4.78 is 41.2. The molecule has 2 heterocycles. The second-order valence-corrected chi connectivity index (χ2v) is 6.26. The first-order valence-corrected chi connectivity index (χ1v) is 8.19. The fourth-order valence-electron chi connectivity index (χ4n) is 1.44. The van der Waals surface area contributed by atoms with Crippen LogP contribution in [0.2, 0.25) is 0 Å². The maximum Gasteiger partial charge on any atom is 0.422 e. The SMILES string of the molecule is O=C(NCCSc1nnnn1Cc1cccs1)OCC(F)(F)F. The van der Waals surface area contributed by atoms with Crippen LogP contribution in [0.15, 0.2) is 22.7 Å². The van der Waals surface area contributed by atoms with Gasteiger partial charge < -0.3 is 10.1 Å². The second-order valence-electron chi connectivity index (χ2n) is 4.17. The van der Waals surface area contributed by atoms with Crippen molar-refractivity contribution >= 4 is 29.2 Å². The number of ether oxygens (including phenoxy) is 1. The highest BCUT2D eigenvalue weighted by Gasteiger charge is 2.29. The molecule has 1 amide bonds. The molecular formula is C11H12F3N5O2S2. The standard InChI is InChI=1S/C11H12F3N5O2S2/c12-11(13,14)7-21-10(20)15-3-5-23-9-16-17-18-19(9)6-8-2-1-4-22-8/h1-2,4H,3,5-7H2,(H,15,20). The van der Waals surface area contributed by atoms with Crippen molar-refractivity contribution in [2.45, 2.75) is 17.9 Å². The summed E-state index contributed by atoms with van der Waals surface area (Å²) in [5.74, 6) is 0.395. The Labute approximate surface area is 137 Å². The molecule has 0 saturated carbocycles. The lowest BCUT2D eigenvalue weighted by Gasteiger charge is -2.08. The van der Waals surface area contributed by atoms with E-state index in [1.165, 1.54) is 11.8 Å². The number of carbonyl (C=O) groups excluding carboxylic acids is 1. The van der Waals surface area contributed by atoms with Crippen molar-refractivity contribution in [3.05, 3.63) is 22.4 Å². The number of tetrazole rings is 1. The molecule has 126 valence electrons. The van der Waals surface area contributed by atoms with Crippen molar-refractivity contribution in [2.75, 3.05) is 18.9 Å². The van der Waals surface area contributed by atoms with E-state index in [0.29, 0.717) is 17.5 Å². The van der Waals surface area contributed by atoms with Gasteiger partial charge in [-0.2, -0.15) is 13.2 Å². The number of aromatic nitrogens is 4. The van der Waals surface area contributed by atoms with Gasteiger partial charge in [0.05, 0.1) is 6.54 Å².